The van der Waals surface area contributed by atoms with Gasteiger partial charge in [-0.3, -0.25) is 9.58 Å². The third kappa shape index (κ3) is 2.17. The number of hydrogen-bond donors (Lipinski definition) is 0. The lowest BCUT2D eigenvalue weighted by atomic mass is 10.2. The molecule has 0 aliphatic carbocycles. The van der Waals surface area contributed by atoms with Crippen LogP contribution in [0.4, 0.5) is 8.78 Å². The van der Waals surface area contributed by atoms with E-state index in [2.05, 4.69) is 5.10 Å². The monoisotopic (exact) mass is 215 g/mol. The van der Waals surface area contributed by atoms with Gasteiger partial charge in [-0.05, 0) is 12.5 Å². The fourth-order valence-corrected chi connectivity index (χ4v) is 1.95. The number of aryl methyl sites for hydroxylation is 2. The number of nitrogens with zero attached hydrogens (tertiary/aromatic N) is 3. The molecule has 2 heterocycles. The molecule has 1 aliphatic rings. The smallest absolute Gasteiger partial charge is 0.261 e. The summed E-state index contributed by atoms with van der Waals surface area (Å²) in [5.74, 6) is -2.51. The van der Waals surface area contributed by atoms with E-state index in [1.165, 1.54) is 0 Å². The van der Waals surface area contributed by atoms with Crippen molar-refractivity contribution in [2.75, 3.05) is 13.1 Å². The lowest BCUT2D eigenvalue weighted by Crippen LogP contribution is -2.26. The molecule has 0 N–H and O–H groups in total. The van der Waals surface area contributed by atoms with Crippen molar-refractivity contribution in [2.24, 2.45) is 7.05 Å². The van der Waals surface area contributed by atoms with Gasteiger partial charge in [0.25, 0.3) is 5.92 Å². The van der Waals surface area contributed by atoms with Crippen LogP contribution in [0, 0.1) is 6.92 Å². The minimum atomic E-state index is -2.51. The number of aromatic nitrogens is 2. The molecular weight excluding hydrogens is 200 g/mol. The Morgan fingerprint density at radius 1 is 1.53 bits per heavy atom. The van der Waals surface area contributed by atoms with Crippen LogP contribution in [0.5, 0.6) is 0 Å². The van der Waals surface area contributed by atoms with Gasteiger partial charge in [0.2, 0.25) is 0 Å². The molecule has 1 aromatic heterocycles. The first-order valence-corrected chi connectivity index (χ1v) is 5.06. The molecule has 0 aromatic carbocycles. The van der Waals surface area contributed by atoms with Crippen LogP contribution >= 0.6 is 0 Å². The number of hydrogen-bond acceptors (Lipinski definition) is 2. The molecule has 0 amide bonds. The maximum absolute atomic E-state index is 13.0. The van der Waals surface area contributed by atoms with Gasteiger partial charge in [0.15, 0.2) is 0 Å². The molecule has 1 saturated heterocycles. The molecule has 5 heteroatoms. The number of halogens is 2. The predicted octanol–water partition coefficient (Wildman–Crippen LogP) is 1.57. The molecule has 0 atom stereocenters. The normalized spacial score (nSPS) is 21.1. The lowest BCUT2D eigenvalue weighted by Gasteiger charge is -2.16. The third-order valence-electron chi connectivity index (χ3n) is 2.89. The number of rotatable bonds is 2. The summed E-state index contributed by atoms with van der Waals surface area (Å²) in [6, 6.07) is 0. The molecule has 84 valence electrons. The minimum Gasteiger partial charge on any atom is -0.291 e. The molecule has 1 fully saturated rings. The highest BCUT2D eigenvalue weighted by Crippen LogP contribution is 2.28. The van der Waals surface area contributed by atoms with Gasteiger partial charge in [-0.15, -0.1) is 0 Å². The van der Waals surface area contributed by atoms with Crippen LogP contribution in [0.2, 0.25) is 0 Å². The Morgan fingerprint density at radius 3 is 2.73 bits per heavy atom. The number of likely N-dealkylation sites (tertiary alicyclic amines) is 1. The highest BCUT2D eigenvalue weighted by Gasteiger charge is 2.38. The number of alkyl halides is 2. The summed E-state index contributed by atoms with van der Waals surface area (Å²) in [7, 11) is 1.84. The molecule has 0 unspecified atom stereocenters. The van der Waals surface area contributed by atoms with Gasteiger partial charge in [-0.1, -0.05) is 0 Å². The average Bonchev–Trinajstić information content (AvgIpc) is 2.63. The van der Waals surface area contributed by atoms with Crippen LogP contribution in [-0.4, -0.2) is 33.7 Å². The van der Waals surface area contributed by atoms with Crippen LogP contribution in [-0.2, 0) is 13.6 Å². The molecule has 1 aliphatic heterocycles. The molecular formula is C10H15F2N3. The Bertz CT molecular complexity index is 340. The van der Waals surface area contributed by atoms with Crippen LogP contribution in [0.1, 0.15) is 17.7 Å². The van der Waals surface area contributed by atoms with Crippen molar-refractivity contribution in [3.63, 3.8) is 0 Å². The maximum Gasteiger partial charge on any atom is 0.261 e. The summed E-state index contributed by atoms with van der Waals surface area (Å²) < 4.78 is 27.7. The Kier molecular flexibility index (Phi) is 2.50. The molecule has 1 aromatic rings. The van der Waals surface area contributed by atoms with Gasteiger partial charge in [-0.25, -0.2) is 8.78 Å². The fourth-order valence-electron chi connectivity index (χ4n) is 1.95. The van der Waals surface area contributed by atoms with Crippen molar-refractivity contribution in [2.45, 2.75) is 25.8 Å². The average molecular weight is 215 g/mol. The van der Waals surface area contributed by atoms with Crippen molar-refractivity contribution >= 4 is 0 Å². The molecule has 15 heavy (non-hydrogen) atoms. The minimum absolute atomic E-state index is 0.0239. The van der Waals surface area contributed by atoms with Gasteiger partial charge in [0.1, 0.15) is 0 Å². The van der Waals surface area contributed by atoms with E-state index in [1.807, 2.05) is 14.0 Å². The SMILES string of the molecule is Cc1cnn(C)c1CN1CCC(F)(F)C1. The standard InChI is InChI=1S/C10H15F2N3/c1-8-5-13-14(2)9(8)6-15-4-3-10(11,12)7-15/h5H,3-4,6-7H2,1-2H3. The van der Waals surface area contributed by atoms with Gasteiger partial charge >= 0.3 is 0 Å². The Balaban J connectivity index is 2.05. The van der Waals surface area contributed by atoms with Crippen molar-refractivity contribution < 1.29 is 8.78 Å². The van der Waals surface area contributed by atoms with Crippen LogP contribution in [0.15, 0.2) is 6.20 Å². The van der Waals surface area contributed by atoms with Crippen molar-refractivity contribution in [3.05, 3.63) is 17.5 Å². The maximum atomic E-state index is 13.0. The zero-order chi connectivity index (χ0) is 11.1. The second kappa shape index (κ2) is 3.56. The second-order valence-electron chi connectivity index (χ2n) is 4.21. The second-order valence-corrected chi connectivity index (χ2v) is 4.21. The molecule has 0 bridgehead atoms. The van der Waals surface area contributed by atoms with E-state index in [0.29, 0.717) is 13.1 Å². The van der Waals surface area contributed by atoms with Gasteiger partial charge < -0.3 is 0 Å². The van der Waals surface area contributed by atoms with Crippen LogP contribution in [0.25, 0.3) is 0 Å². The summed E-state index contributed by atoms with van der Waals surface area (Å²) >= 11 is 0. The van der Waals surface area contributed by atoms with E-state index in [1.54, 1.807) is 15.8 Å². The quantitative estimate of drug-likeness (QED) is 0.746. The fraction of sp³-hybridized carbons (Fsp3) is 0.700. The van der Waals surface area contributed by atoms with E-state index >= 15 is 0 Å². The summed E-state index contributed by atoms with van der Waals surface area (Å²) in [4.78, 5) is 1.78. The highest BCUT2D eigenvalue weighted by molar-refractivity contribution is 5.15. The molecule has 0 radical (unpaired) electrons. The van der Waals surface area contributed by atoms with E-state index in [-0.39, 0.29) is 13.0 Å². The Labute approximate surface area is 87.7 Å². The van der Waals surface area contributed by atoms with E-state index < -0.39 is 5.92 Å². The Hall–Kier alpha value is -0.970. The molecule has 0 saturated carbocycles. The van der Waals surface area contributed by atoms with Crippen LogP contribution < -0.4 is 0 Å². The largest absolute Gasteiger partial charge is 0.291 e. The molecule has 2 rings (SSSR count). The predicted molar refractivity (Wildman–Crippen MR) is 52.8 cm³/mol. The zero-order valence-corrected chi connectivity index (χ0v) is 9.00. The Morgan fingerprint density at radius 2 is 2.27 bits per heavy atom. The van der Waals surface area contributed by atoms with Crippen molar-refractivity contribution in [1.82, 2.24) is 14.7 Å². The summed E-state index contributed by atoms with van der Waals surface area (Å²) in [5.41, 5.74) is 2.08. The van der Waals surface area contributed by atoms with Crippen LogP contribution in [0.3, 0.4) is 0 Å². The first-order chi connectivity index (χ1) is 6.98. The summed E-state index contributed by atoms with van der Waals surface area (Å²) in [6.45, 7) is 2.86. The topological polar surface area (TPSA) is 21.1 Å². The van der Waals surface area contributed by atoms with Crippen molar-refractivity contribution in [3.8, 4) is 0 Å². The van der Waals surface area contributed by atoms with Gasteiger partial charge in [-0.2, -0.15) is 5.10 Å². The zero-order valence-electron chi connectivity index (χ0n) is 9.00. The van der Waals surface area contributed by atoms with E-state index in [0.717, 1.165) is 11.3 Å². The van der Waals surface area contributed by atoms with E-state index in [4.69, 9.17) is 0 Å². The van der Waals surface area contributed by atoms with Gasteiger partial charge in [0, 0.05) is 26.6 Å². The van der Waals surface area contributed by atoms with E-state index in [9.17, 15) is 8.78 Å². The molecule has 3 nitrogen and oxygen atoms in total. The summed E-state index contributed by atoms with van der Waals surface area (Å²) in [6.07, 6.45) is 1.74. The first-order valence-electron chi connectivity index (χ1n) is 5.06. The first kappa shape index (κ1) is 10.5. The highest BCUT2D eigenvalue weighted by atomic mass is 19.3. The van der Waals surface area contributed by atoms with Crippen molar-refractivity contribution in [1.29, 1.82) is 0 Å². The third-order valence-corrected chi connectivity index (χ3v) is 2.89. The molecule has 0 spiro atoms. The lowest BCUT2D eigenvalue weighted by molar-refractivity contribution is 0.0113. The summed E-state index contributed by atoms with van der Waals surface area (Å²) in [5, 5.41) is 4.10. The van der Waals surface area contributed by atoms with Gasteiger partial charge in [0.05, 0.1) is 18.4 Å².